The van der Waals surface area contributed by atoms with E-state index in [0.29, 0.717) is 25.6 Å². The van der Waals surface area contributed by atoms with Crippen LogP contribution in [0.2, 0.25) is 0 Å². The molecule has 0 aliphatic heterocycles. The monoisotopic (exact) mass is 232 g/mol. The third-order valence-corrected chi connectivity index (χ3v) is 1.70. The molecule has 0 radical (unpaired) electrons. The fraction of sp³-hybridized carbons (Fsp3) is 0.800. The van der Waals surface area contributed by atoms with Crippen molar-refractivity contribution in [3.05, 3.63) is 0 Å². The molecule has 3 N–H and O–H groups in total. The average Bonchev–Trinajstić information content (AvgIpc) is 2.16. The lowest BCUT2D eigenvalue weighted by molar-refractivity contribution is -0.142. The first-order valence-electron chi connectivity index (χ1n) is 5.32. The Morgan fingerprint density at radius 2 is 2.00 bits per heavy atom. The van der Waals surface area contributed by atoms with Gasteiger partial charge in [0.2, 0.25) is 5.91 Å². The van der Waals surface area contributed by atoms with Gasteiger partial charge in [-0.15, -0.1) is 0 Å². The van der Waals surface area contributed by atoms with E-state index in [4.69, 9.17) is 9.84 Å². The molecule has 1 amide bonds. The van der Waals surface area contributed by atoms with Crippen molar-refractivity contribution in [2.24, 2.45) is 0 Å². The molecule has 0 heterocycles. The minimum Gasteiger partial charge on any atom is -0.480 e. The second-order valence-corrected chi connectivity index (χ2v) is 3.66. The second kappa shape index (κ2) is 9.11. The van der Waals surface area contributed by atoms with Gasteiger partial charge < -0.3 is 20.5 Å². The third kappa shape index (κ3) is 10.9. The van der Waals surface area contributed by atoms with Crippen LogP contribution in [0.4, 0.5) is 0 Å². The van der Waals surface area contributed by atoms with E-state index < -0.39 is 5.97 Å². The quantitative estimate of drug-likeness (QED) is 0.470. The highest BCUT2D eigenvalue weighted by atomic mass is 16.5. The van der Waals surface area contributed by atoms with Crippen LogP contribution < -0.4 is 10.6 Å². The molecular weight excluding hydrogens is 212 g/mol. The zero-order valence-corrected chi connectivity index (χ0v) is 9.78. The van der Waals surface area contributed by atoms with E-state index in [0.717, 1.165) is 0 Å². The number of carbonyl (C=O) groups excluding carboxylic acids is 1. The SMILES string of the molecule is CC(C)NCCC(=O)NCCOCC(=O)O. The van der Waals surface area contributed by atoms with Crippen LogP contribution in [0.5, 0.6) is 0 Å². The van der Waals surface area contributed by atoms with Gasteiger partial charge in [0, 0.05) is 25.6 Å². The Bertz CT molecular complexity index is 219. The summed E-state index contributed by atoms with van der Waals surface area (Å²) in [6.45, 7) is 4.89. The van der Waals surface area contributed by atoms with E-state index in [2.05, 4.69) is 10.6 Å². The molecule has 16 heavy (non-hydrogen) atoms. The second-order valence-electron chi connectivity index (χ2n) is 3.66. The molecule has 94 valence electrons. The van der Waals surface area contributed by atoms with Crippen molar-refractivity contribution < 1.29 is 19.4 Å². The van der Waals surface area contributed by atoms with E-state index in [1.54, 1.807) is 0 Å². The van der Waals surface area contributed by atoms with E-state index in [-0.39, 0.29) is 19.1 Å². The number of hydrogen-bond donors (Lipinski definition) is 3. The summed E-state index contributed by atoms with van der Waals surface area (Å²) >= 11 is 0. The van der Waals surface area contributed by atoms with Gasteiger partial charge in [-0.2, -0.15) is 0 Å². The molecule has 0 bridgehead atoms. The number of rotatable bonds is 9. The van der Waals surface area contributed by atoms with Crippen LogP contribution in [0.3, 0.4) is 0 Å². The summed E-state index contributed by atoms with van der Waals surface area (Å²) in [6.07, 6.45) is 0.414. The van der Waals surface area contributed by atoms with Crippen molar-refractivity contribution in [3.8, 4) is 0 Å². The molecule has 0 saturated heterocycles. The highest BCUT2D eigenvalue weighted by Gasteiger charge is 2.01. The van der Waals surface area contributed by atoms with E-state index >= 15 is 0 Å². The van der Waals surface area contributed by atoms with Crippen LogP contribution in [-0.4, -0.2) is 49.3 Å². The minimum absolute atomic E-state index is 0.0629. The molecule has 0 aliphatic rings. The van der Waals surface area contributed by atoms with Crippen LogP contribution in [0.15, 0.2) is 0 Å². The molecule has 0 saturated carbocycles. The summed E-state index contributed by atoms with van der Waals surface area (Å²) < 4.78 is 4.76. The molecule has 0 aromatic rings. The summed E-state index contributed by atoms with van der Waals surface area (Å²) in [5.41, 5.74) is 0. The van der Waals surface area contributed by atoms with Crippen LogP contribution in [0, 0.1) is 0 Å². The number of hydrogen-bond acceptors (Lipinski definition) is 4. The molecule has 0 unspecified atom stereocenters. The Hall–Kier alpha value is -1.14. The van der Waals surface area contributed by atoms with Crippen LogP contribution in [-0.2, 0) is 14.3 Å². The van der Waals surface area contributed by atoms with Gasteiger partial charge >= 0.3 is 5.97 Å². The van der Waals surface area contributed by atoms with Crippen molar-refractivity contribution in [1.82, 2.24) is 10.6 Å². The van der Waals surface area contributed by atoms with Crippen LogP contribution in [0.25, 0.3) is 0 Å². The number of amides is 1. The largest absolute Gasteiger partial charge is 0.480 e. The number of carboxylic acids is 1. The number of carbonyl (C=O) groups is 2. The predicted molar refractivity (Wildman–Crippen MR) is 59.2 cm³/mol. The molecule has 6 heteroatoms. The number of aliphatic carboxylic acids is 1. The molecule has 0 aromatic heterocycles. The molecular formula is C10H20N2O4. The van der Waals surface area contributed by atoms with Gasteiger partial charge in [-0.05, 0) is 0 Å². The first kappa shape index (κ1) is 14.9. The van der Waals surface area contributed by atoms with Crippen molar-refractivity contribution in [1.29, 1.82) is 0 Å². The Labute approximate surface area is 95.4 Å². The Balaban J connectivity index is 3.27. The van der Waals surface area contributed by atoms with Crippen LogP contribution in [0.1, 0.15) is 20.3 Å². The van der Waals surface area contributed by atoms with Crippen molar-refractivity contribution >= 4 is 11.9 Å². The van der Waals surface area contributed by atoms with Crippen molar-refractivity contribution in [3.63, 3.8) is 0 Å². The first-order valence-corrected chi connectivity index (χ1v) is 5.32. The predicted octanol–water partition coefficient (Wildman–Crippen LogP) is -0.408. The summed E-state index contributed by atoms with van der Waals surface area (Å²) in [7, 11) is 0. The van der Waals surface area contributed by atoms with Gasteiger partial charge in [0.1, 0.15) is 6.61 Å². The van der Waals surface area contributed by atoms with Crippen molar-refractivity contribution in [2.75, 3.05) is 26.3 Å². The maximum atomic E-state index is 11.2. The molecule has 6 nitrogen and oxygen atoms in total. The van der Waals surface area contributed by atoms with Gasteiger partial charge in [0.15, 0.2) is 0 Å². The number of carboxylic acid groups (broad SMARTS) is 1. The third-order valence-electron chi connectivity index (χ3n) is 1.70. The number of nitrogens with one attached hydrogen (secondary N) is 2. The fourth-order valence-electron chi connectivity index (χ4n) is 0.985. The van der Waals surface area contributed by atoms with Crippen LogP contribution >= 0.6 is 0 Å². The highest BCUT2D eigenvalue weighted by molar-refractivity contribution is 5.76. The molecule has 0 spiro atoms. The Kier molecular flexibility index (Phi) is 8.46. The topological polar surface area (TPSA) is 87.7 Å². The fourth-order valence-corrected chi connectivity index (χ4v) is 0.985. The Morgan fingerprint density at radius 1 is 1.31 bits per heavy atom. The maximum Gasteiger partial charge on any atom is 0.329 e. The average molecular weight is 232 g/mol. The lowest BCUT2D eigenvalue weighted by atomic mass is 10.3. The highest BCUT2D eigenvalue weighted by Crippen LogP contribution is 1.81. The van der Waals surface area contributed by atoms with Gasteiger partial charge in [0.25, 0.3) is 0 Å². The zero-order valence-electron chi connectivity index (χ0n) is 9.78. The van der Waals surface area contributed by atoms with E-state index in [1.165, 1.54) is 0 Å². The van der Waals surface area contributed by atoms with Gasteiger partial charge in [0.05, 0.1) is 6.61 Å². The summed E-state index contributed by atoms with van der Waals surface area (Å²) in [5.74, 6) is -1.07. The molecule has 0 aromatic carbocycles. The smallest absolute Gasteiger partial charge is 0.329 e. The summed E-state index contributed by atoms with van der Waals surface area (Å²) in [5, 5.41) is 14.0. The lowest BCUT2D eigenvalue weighted by Crippen LogP contribution is -2.32. The van der Waals surface area contributed by atoms with Gasteiger partial charge in [-0.25, -0.2) is 4.79 Å². The minimum atomic E-state index is -1.01. The van der Waals surface area contributed by atoms with Crippen molar-refractivity contribution in [2.45, 2.75) is 26.3 Å². The molecule has 0 fully saturated rings. The normalized spacial score (nSPS) is 10.4. The van der Waals surface area contributed by atoms with Gasteiger partial charge in [-0.3, -0.25) is 4.79 Å². The Morgan fingerprint density at radius 3 is 2.56 bits per heavy atom. The summed E-state index contributed by atoms with van der Waals surface area (Å²) in [4.78, 5) is 21.3. The molecule has 0 rings (SSSR count). The standard InChI is InChI=1S/C10H20N2O4/c1-8(2)11-4-3-9(13)12-5-6-16-7-10(14)15/h8,11H,3-7H2,1-2H3,(H,12,13)(H,14,15). The first-order chi connectivity index (χ1) is 7.52. The van der Waals surface area contributed by atoms with E-state index in [1.807, 2.05) is 13.8 Å². The van der Waals surface area contributed by atoms with E-state index in [9.17, 15) is 9.59 Å². The molecule has 0 atom stereocenters. The number of ether oxygens (including phenoxy) is 1. The maximum absolute atomic E-state index is 11.2. The summed E-state index contributed by atoms with van der Waals surface area (Å²) in [6, 6.07) is 0.367. The molecule has 0 aliphatic carbocycles. The zero-order chi connectivity index (χ0) is 12.4. The van der Waals surface area contributed by atoms with Gasteiger partial charge in [-0.1, -0.05) is 13.8 Å². The lowest BCUT2D eigenvalue weighted by Gasteiger charge is -2.08.